The topological polar surface area (TPSA) is 34.2 Å². The van der Waals surface area contributed by atoms with Gasteiger partial charge in [-0.15, -0.1) is 11.3 Å². The summed E-state index contributed by atoms with van der Waals surface area (Å²) in [4.78, 5) is 5.99. The maximum Gasteiger partial charge on any atom is 0.184 e. The van der Waals surface area contributed by atoms with Crippen molar-refractivity contribution in [2.24, 2.45) is 0 Å². The number of nitrogens with zero attached hydrogens (tertiary/aromatic N) is 1. The Morgan fingerprint density at radius 3 is 2.95 bits per heavy atom. The summed E-state index contributed by atoms with van der Waals surface area (Å²) in [6.07, 6.45) is 1.04. The lowest BCUT2D eigenvalue weighted by Crippen LogP contribution is -2.07. The third-order valence-electron chi connectivity index (χ3n) is 3.19. The average molecular weight is 304 g/mol. The molecule has 3 rings (SSSR count). The molecule has 1 unspecified atom stereocenters. The van der Waals surface area contributed by atoms with Crippen molar-refractivity contribution in [3.05, 3.63) is 40.6 Å². The number of ether oxygens (including phenoxy) is 1. The fourth-order valence-electron chi connectivity index (χ4n) is 2.11. The summed E-state index contributed by atoms with van der Waals surface area (Å²) < 4.78 is 6.40. The van der Waals surface area contributed by atoms with E-state index in [1.807, 2.05) is 18.2 Å². The van der Waals surface area contributed by atoms with Crippen LogP contribution >= 0.6 is 22.7 Å². The van der Waals surface area contributed by atoms with Gasteiger partial charge in [-0.25, -0.2) is 4.98 Å². The second kappa shape index (κ2) is 5.81. The SMILES string of the molecule is CCC(Nc1nc2ccc(OC)cc2s1)c1cccs1. The fraction of sp³-hybridized carbons (Fsp3) is 0.267. The van der Waals surface area contributed by atoms with E-state index in [0.29, 0.717) is 6.04 Å². The first-order valence-corrected chi connectivity index (χ1v) is 8.24. The van der Waals surface area contributed by atoms with Crippen LogP contribution in [0.25, 0.3) is 10.2 Å². The number of anilines is 1. The van der Waals surface area contributed by atoms with Crippen LogP contribution in [0, 0.1) is 0 Å². The minimum Gasteiger partial charge on any atom is -0.497 e. The van der Waals surface area contributed by atoms with Gasteiger partial charge in [0.2, 0.25) is 0 Å². The first kappa shape index (κ1) is 13.4. The minimum atomic E-state index is 0.331. The normalized spacial score (nSPS) is 12.5. The number of methoxy groups -OCH3 is 1. The highest BCUT2D eigenvalue weighted by molar-refractivity contribution is 7.22. The van der Waals surface area contributed by atoms with Gasteiger partial charge in [0.05, 0.1) is 23.4 Å². The van der Waals surface area contributed by atoms with Crippen molar-refractivity contribution in [1.82, 2.24) is 4.98 Å². The first-order valence-electron chi connectivity index (χ1n) is 6.54. The molecule has 1 atom stereocenters. The van der Waals surface area contributed by atoms with Gasteiger partial charge >= 0.3 is 0 Å². The molecule has 3 nitrogen and oxygen atoms in total. The van der Waals surface area contributed by atoms with Crippen molar-refractivity contribution in [1.29, 1.82) is 0 Å². The molecule has 1 aromatic carbocycles. The van der Waals surface area contributed by atoms with Crippen LogP contribution in [0.2, 0.25) is 0 Å². The van der Waals surface area contributed by atoms with E-state index in [9.17, 15) is 0 Å². The molecule has 3 aromatic rings. The van der Waals surface area contributed by atoms with E-state index in [-0.39, 0.29) is 0 Å². The van der Waals surface area contributed by atoms with Gasteiger partial charge < -0.3 is 10.1 Å². The van der Waals surface area contributed by atoms with Gasteiger partial charge in [0, 0.05) is 4.88 Å². The van der Waals surface area contributed by atoms with Crippen LogP contribution in [-0.4, -0.2) is 12.1 Å². The molecule has 0 spiro atoms. The lowest BCUT2D eigenvalue weighted by molar-refractivity contribution is 0.415. The molecule has 0 fully saturated rings. The summed E-state index contributed by atoms with van der Waals surface area (Å²) in [6, 6.07) is 10.6. The fourth-order valence-corrected chi connectivity index (χ4v) is 3.91. The summed E-state index contributed by atoms with van der Waals surface area (Å²) in [5.74, 6) is 0.873. The van der Waals surface area contributed by atoms with Gasteiger partial charge in [0.15, 0.2) is 5.13 Å². The highest BCUT2D eigenvalue weighted by Gasteiger charge is 2.13. The molecule has 2 heterocycles. The van der Waals surface area contributed by atoms with Crippen LogP contribution < -0.4 is 10.1 Å². The molecule has 0 amide bonds. The summed E-state index contributed by atoms with van der Waals surface area (Å²) in [5, 5.41) is 6.62. The predicted octanol–water partition coefficient (Wildman–Crippen LogP) is 4.93. The van der Waals surface area contributed by atoms with E-state index >= 15 is 0 Å². The Balaban J connectivity index is 1.86. The Morgan fingerprint density at radius 1 is 1.35 bits per heavy atom. The van der Waals surface area contributed by atoms with Crippen molar-refractivity contribution >= 4 is 38.0 Å². The number of hydrogen-bond donors (Lipinski definition) is 1. The molecule has 0 aliphatic heterocycles. The molecule has 2 aromatic heterocycles. The molecule has 0 saturated heterocycles. The van der Waals surface area contributed by atoms with Gasteiger partial charge in [-0.05, 0) is 36.1 Å². The zero-order valence-electron chi connectivity index (χ0n) is 11.4. The van der Waals surface area contributed by atoms with Gasteiger partial charge in [-0.1, -0.05) is 24.3 Å². The number of hydrogen-bond acceptors (Lipinski definition) is 5. The number of aromatic nitrogens is 1. The second-order valence-electron chi connectivity index (χ2n) is 4.47. The number of thiazole rings is 1. The van der Waals surface area contributed by atoms with Crippen LogP contribution in [0.1, 0.15) is 24.3 Å². The maximum atomic E-state index is 5.25. The van der Waals surface area contributed by atoms with Crippen molar-refractivity contribution in [3.8, 4) is 5.75 Å². The van der Waals surface area contributed by atoms with E-state index in [0.717, 1.165) is 27.5 Å². The first-order chi connectivity index (χ1) is 9.80. The second-order valence-corrected chi connectivity index (χ2v) is 6.48. The molecular formula is C15H16N2OS2. The highest BCUT2D eigenvalue weighted by Crippen LogP contribution is 2.32. The van der Waals surface area contributed by atoms with Crippen LogP contribution in [0.4, 0.5) is 5.13 Å². The van der Waals surface area contributed by atoms with Gasteiger partial charge in [0.1, 0.15) is 5.75 Å². The Hall–Kier alpha value is -1.59. The van der Waals surface area contributed by atoms with Gasteiger partial charge in [-0.3, -0.25) is 0 Å². The number of rotatable bonds is 5. The van der Waals surface area contributed by atoms with E-state index in [1.54, 1.807) is 29.8 Å². The molecular weight excluding hydrogens is 288 g/mol. The van der Waals surface area contributed by atoms with Crippen molar-refractivity contribution in [2.75, 3.05) is 12.4 Å². The Bertz CT molecular complexity index is 691. The van der Waals surface area contributed by atoms with Gasteiger partial charge in [-0.2, -0.15) is 0 Å². The van der Waals surface area contributed by atoms with Crippen molar-refractivity contribution < 1.29 is 4.74 Å². The summed E-state index contributed by atoms with van der Waals surface area (Å²) in [6.45, 7) is 2.19. The number of benzene rings is 1. The lowest BCUT2D eigenvalue weighted by Gasteiger charge is -2.13. The monoisotopic (exact) mass is 304 g/mol. The Kier molecular flexibility index (Phi) is 3.89. The molecule has 0 radical (unpaired) electrons. The van der Waals surface area contributed by atoms with Crippen LogP contribution in [0.5, 0.6) is 5.75 Å². The number of fused-ring (bicyclic) bond motifs is 1. The maximum absolute atomic E-state index is 5.25. The molecule has 20 heavy (non-hydrogen) atoms. The minimum absolute atomic E-state index is 0.331. The van der Waals surface area contributed by atoms with Gasteiger partial charge in [0.25, 0.3) is 0 Å². The quantitative estimate of drug-likeness (QED) is 0.725. The third kappa shape index (κ3) is 2.64. The number of thiophene rings is 1. The van der Waals surface area contributed by atoms with E-state index in [2.05, 4.69) is 34.7 Å². The van der Waals surface area contributed by atoms with Crippen LogP contribution in [-0.2, 0) is 0 Å². The molecule has 5 heteroatoms. The van der Waals surface area contributed by atoms with Crippen LogP contribution in [0.15, 0.2) is 35.7 Å². The molecule has 104 valence electrons. The Labute approximate surface area is 126 Å². The molecule has 0 saturated carbocycles. The standard InChI is InChI=1S/C15H16N2OS2/c1-3-11(13-5-4-8-19-13)16-15-17-12-7-6-10(18-2)9-14(12)20-15/h4-9,11H,3H2,1-2H3,(H,16,17). The zero-order valence-corrected chi connectivity index (χ0v) is 13.1. The molecule has 0 aliphatic rings. The number of nitrogens with one attached hydrogen (secondary N) is 1. The lowest BCUT2D eigenvalue weighted by atomic mass is 10.2. The summed E-state index contributed by atoms with van der Waals surface area (Å²) in [5.41, 5.74) is 1.01. The largest absolute Gasteiger partial charge is 0.497 e. The zero-order chi connectivity index (χ0) is 13.9. The summed E-state index contributed by atoms with van der Waals surface area (Å²) >= 11 is 3.45. The predicted molar refractivity (Wildman–Crippen MR) is 87.1 cm³/mol. The molecule has 0 aliphatic carbocycles. The molecule has 0 bridgehead atoms. The highest BCUT2D eigenvalue weighted by atomic mass is 32.1. The third-order valence-corrected chi connectivity index (χ3v) is 5.12. The Morgan fingerprint density at radius 2 is 2.25 bits per heavy atom. The smallest absolute Gasteiger partial charge is 0.184 e. The van der Waals surface area contributed by atoms with Crippen molar-refractivity contribution in [2.45, 2.75) is 19.4 Å². The van der Waals surface area contributed by atoms with E-state index in [1.165, 1.54) is 4.88 Å². The average Bonchev–Trinajstić information content (AvgIpc) is 3.12. The molecule has 1 N–H and O–H groups in total. The van der Waals surface area contributed by atoms with Crippen molar-refractivity contribution in [3.63, 3.8) is 0 Å². The van der Waals surface area contributed by atoms with E-state index in [4.69, 9.17) is 4.74 Å². The summed E-state index contributed by atoms with van der Waals surface area (Å²) in [7, 11) is 1.69. The van der Waals surface area contributed by atoms with Crippen LogP contribution in [0.3, 0.4) is 0 Å². The van der Waals surface area contributed by atoms with E-state index < -0.39 is 0 Å².